The number of nitrogens with two attached hydrogens (primary N) is 1. The maximum Gasteiger partial charge on any atom is 0.214 e. The number of rotatable bonds is 7. The first-order valence-corrected chi connectivity index (χ1v) is 7.11. The molecule has 0 aromatic carbocycles. The zero-order valence-corrected chi connectivity index (χ0v) is 12.3. The Hall–Kier alpha value is 0.160. The summed E-state index contributed by atoms with van der Waals surface area (Å²) in [5, 5.41) is 0. The van der Waals surface area contributed by atoms with Crippen molar-refractivity contribution in [2.24, 2.45) is 11.7 Å². The van der Waals surface area contributed by atoms with E-state index in [1.165, 1.54) is 4.31 Å². The molecule has 2 N–H and O–H groups in total. The molecule has 0 radical (unpaired) electrons. The van der Waals surface area contributed by atoms with Gasteiger partial charge in [-0.1, -0.05) is 20.3 Å². The highest BCUT2D eigenvalue weighted by Crippen LogP contribution is 2.12. The molecular formula is C10H25ClN2O2S. The van der Waals surface area contributed by atoms with E-state index >= 15 is 0 Å². The van der Waals surface area contributed by atoms with Gasteiger partial charge in [0.05, 0.1) is 5.75 Å². The van der Waals surface area contributed by atoms with E-state index in [0.29, 0.717) is 6.54 Å². The Morgan fingerprint density at radius 1 is 1.31 bits per heavy atom. The Labute approximate surface area is 106 Å². The van der Waals surface area contributed by atoms with Crippen LogP contribution in [0.1, 0.15) is 33.6 Å². The lowest BCUT2D eigenvalue weighted by Crippen LogP contribution is -2.41. The molecule has 100 valence electrons. The second-order valence-corrected chi connectivity index (χ2v) is 6.35. The average molecular weight is 273 g/mol. The number of nitrogens with zero attached hydrogens (tertiary/aromatic N) is 1. The summed E-state index contributed by atoms with van der Waals surface area (Å²) in [5.41, 5.74) is 5.45. The lowest BCUT2D eigenvalue weighted by Gasteiger charge is -2.24. The van der Waals surface area contributed by atoms with Crippen LogP contribution < -0.4 is 5.73 Å². The molecule has 0 saturated carbocycles. The maximum atomic E-state index is 11.9. The highest BCUT2D eigenvalue weighted by Gasteiger charge is 2.24. The molecule has 2 unspecified atom stereocenters. The van der Waals surface area contributed by atoms with Crippen molar-refractivity contribution in [3.8, 4) is 0 Å². The van der Waals surface area contributed by atoms with E-state index < -0.39 is 10.0 Å². The topological polar surface area (TPSA) is 63.4 Å². The van der Waals surface area contributed by atoms with E-state index in [0.717, 1.165) is 12.8 Å². The van der Waals surface area contributed by atoms with Crippen LogP contribution in [0.5, 0.6) is 0 Å². The van der Waals surface area contributed by atoms with Gasteiger partial charge in [0.1, 0.15) is 0 Å². The minimum absolute atomic E-state index is 0. The predicted octanol–water partition coefficient (Wildman–Crippen LogP) is 1.45. The van der Waals surface area contributed by atoms with Crippen molar-refractivity contribution < 1.29 is 8.42 Å². The SMILES string of the molecule is CCCC(C)CS(=O)(=O)N(C)C(C)CN.Cl. The third-order valence-corrected chi connectivity index (χ3v) is 4.90. The minimum atomic E-state index is -3.14. The normalized spacial score (nSPS) is 15.6. The summed E-state index contributed by atoms with van der Waals surface area (Å²) >= 11 is 0. The number of halogens is 1. The van der Waals surface area contributed by atoms with Gasteiger partial charge in [0.2, 0.25) is 10.0 Å². The summed E-state index contributed by atoms with van der Waals surface area (Å²) in [5.74, 6) is 0.439. The van der Waals surface area contributed by atoms with Crippen LogP contribution in [0.25, 0.3) is 0 Å². The van der Waals surface area contributed by atoms with Crippen molar-refractivity contribution in [2.75, 3.05) is 19.3 Å². The van der Waals surface area contributed by atoms with Gasteiger partial charge in [-0.25, -0.2) is 12.7 Å². The maximum absolute atomic E-state index is 11.9. The summed E-state index contributed by atoms with van der Waals surface area (Å²) in [6.45, 7) is 6.22. The first-order valence-electron chi connectivity index (χ1n) is 5.50. The smallest absolute Gasteiger partial charge is 0.214 e. The summed E-state index contributed by atoms with van der Waals surface area (Å²) in [4.78, 5) is 0. The fourth-order valence-electron chi connectivity index (χ4n) is 1.48. The molecule has 0 fully saturated rings. The van der Waals surface area contributed by atoms with Crippen LogP contribution in [-0.4, -0.2) is 38.1 Å². The molecule has 0 bridgehead atoms. The third-order valence-electron chi connectivity index (χ3n) is 2.68. The minimum Gasteiger partial charge on any atom is -0.329 e. The molecular weight excluding hydrogens is 248 g/mol. The van der Waals surface area contributed by atoms with Gasteiger partial charge in [0.15, 0.2) is 0 Å². The van der Waals surface area contributed by atoms with E-state index in [-0.39, 0.29) is 30.1 Å². The van der Waals surface area contributed by atoms with Crippen molar-refractivity contribution in [2.45, 2.75) is 39.7 Å². The molecule has 0 aromatic heterocycles. The summed E-state index contributed by atoms with van der Waals surface area (Å²) in [7, 11) is -1.54. The van der Waals surface area contributed by atoms with Gasteiger partial charge in [0, 0.05) is 19.6 Å². The van der Waals surface area contributed by atoms with E-state index in [2.05, 4.69) is 6.92 Å². The molecule has 0 saturated heterocycles. The molecule has 0 aliphatic carbocycles. The fourth-order valence-corrected chi connectivity index (χ4v) is 3.23. The predicted molar refractivity (Wildman–Crippen MR) is 71.4 cm³/mol. The van der Waals surface area contributed by atoms with Gasteiger partial charge >= 0.3 is 0 Å². The van der Waals surface area contributed by atoms with Gasteiger partial charge in [-0.3, -0.25) is 0 Å². The second-order valence-electron chi connectivity index (χ2n) is 4.27. The van der Waals surface area contributed by atoms with E-state index in [4.69, 9.17) is 5.73 Å². The number of sulfonamides is 1. The molecule has 2 atom stereocenters. The standard InChI is InChI=1S/C10H24N2O2S.ClH/c1-5-6-9(2)8-15(13,14)12(4)10(3)7-11;/h9-10H,5-8,11H2,1-4H3;1H. The van der Waals surface area contributed by atoms with Crippen LogP contribution in [0.2, 0.25) is 0 Å². The van der Waals surface area contributed by atoms with Crippen molar-refractivity contribution >= 4 is 22.4 Å². The molecule has 0 amide bonds. The second kappa shape index (κ2) is 8.28. The summed E-state index contributed by atoms with van der Waals surface area (Å²) in [6.07, 6.45) is 1.97. The van der Waals surface area contributed by atoms with Crippen LogP contribution >= 0.6 is 12.4 Å². The highest BCUT2D eigenvalue weighted by atomic mass is 35.5. The number of hydrogen-bond acceptors (Lipinski definition) is 3. The molecule has 0 spiro atoms. The van der Waals surface area contributed by atoms with E-state index in [9.17, 15) is 8.42 Å². The Morgan fingerprint density at radius 3 is 2.19 bits per heavy atom. The van der Waals surface area contributed by atoms with Crippen molar-refractivity contribution in [1.82, 2.24) is 4.31 Å². The molecule has 0 aromatic rings. The third kappa shape index (κ3) is 6.03. The quantitative estimate of drug-likeness (QED) is 0.763. The lowest BCUT2D eigenvalue weighted by molar-refractivity contribution is 0.388. The first kappa shape index (κ1) is 18.5. The molecule has 0 aliphatic rings. The zero-order chi connectivity index (χ0) is 12.1. The summed E-state index contributed by atoms with van der Waals surface area (Å²) < 4.78 is 25.2. The number of likely N-dealkylation sites (N-methyl/N-ethyl adjacent to an activating group) is 1. The van der Waals surface area contributed by atoms with Crippen molar-refractivity contribution in [1.29, 1.82) is 0 Å². The lowest BCUT2D eigenvalue weighted by atomic mass is 10.1. The van der Waals surface area contributed by atoms with Crippen LogP contribution in [0.4, 0.5) is 0 Å². The Balaban J connectivity index is 0. The fraction of sp³-hybridized carbons (Fsp3) is 1.00. The van der Waals surface area contributed by atoms with E-state index in [1.54, 1.807) is 7.05 Å². The van der Waals surface area contributed by atoms with Gasteiger partial charge in [0.25, 0.3) is 0 Å². The molecule has 4 nitrogen and oxygen atoms in total. The van der Waals surface area contributed by atoms with Gasteiger partial charge in [-0.2, -0.15) is 0 Å². The van der Waals surface area contributed by atoms with Crippen molar-refractivity contribution in [3.63, 3.8) is 0 Å². The average Bonchev–Trinajstić information content (AvgIpc) is 2.15. The summed E-state index contributed by atoms with van der Waals surface area (Å²) in [6, 6.07) is -0.121. The van der Waals surface area contributed by atoms with Gasteiger partial charge in [-0.15, -0.1) is 12.4 Å². The monoisotopic (exact) mass is 272 g/mol. The largest absolute Gasteiger partial charge is 0.329 e. The van der Waals surface area contributed by atoms with Crippen LogP contribution in [-0.2, 0) is 10.0 Å². The van der Waals surface area contributed by atoms with Crippen LogP contribution in [0.3, 0.4) is 0 Å². The zero-order valence-electron chi connectivity index (χ0n) is 10.6. The molecule has 0 rings (SSSR count). The molecule has 6 heteroatoms. The van der Waals surface area contributed by atoms with Crippen LogP contribution in [0.15, 0.2) is 0 Å². The van der Waals surface area contributed by atoms with Gasteiger partial charge in [-0.05, 0) is 19.3 Å². The highest BCUT2D eigenvalue weighted by molar-refractivity contribution is 7.89. The van der Waals surface area contributed by atoms with Crippen LogP contribution in [0, 0.1) is 5.92 Å². The molecule has 0 heterocycles. The molecule has 16 heavy (non-hydrogen) atoms. The molecule has 0 aliphatic heterocycles. The van der Waals surface area contributed by atoms with Crippen molar-refractivity contribution in [3.05, 3.63) is 0 Å². The first-order chi connectivity index (χ1) is 6.85. The van der Waals surface area contributed by atoms with E-state index in [1.807, 2.05) is 13.8 Å². The number of hydrogen-bond donors (Lipinski definition) is 1. The Kier molecular flexibility index (Phi) is 9.59. The Bertz CT molecular complexity index is 270. The Morgan fingerprint density at radius 2 is 1.81 bits per heavy atom. The van der Waals surface area contributed by atoms with Gasteiger partial charge < -0.3 is 5.73 Å².